The molecule has 0 bridgehead atoms. The Bertz CT molecular complexity index is 3740. The van der Waals surface area contributed by atoms with Gasteiger partial charge in [-0.3, -0.25) is 0 Å². The van der Waals surface area contributed by atoms with Crippen LogP contribution in [0, 0.1) is 6.92 Å². The van der Waals surface area contributed by atoms with Gasteiger partial charge in [0.1, 0.15) is 0 Å². The molecule has 0 amide bonds. The first-order valence-electron chi connectivity index (χ1n) is 30.2. The third kappa shape index (κ3) is 8.10. The number of hydrogen-bond acceptors (Lipinski definition) is 3. The quantitative estimate of drug-likeness (QED) is 0.147. The van der Waals surface area contributed by atoms with Crippen LogP contribution in [0.2, 0.25) is 0 Å². The molecular weight excluding hydrogens is 966 g/mol. The maximum absolute atomic E-state index is 2.74. The van der Waals surface area contributed by atoms with Crippen molar-refractivity contribution in [3.8, 4) is 0 Å². The second kappa shape index (κ2) is 17.9. The van der Waals surface area contributed by atoms with Gasteiger partial charge in [0.25, 0.3) is 6.71 Å². The Balaban J connectivity index is 1.20. The van der Waals surface area contributed by atoms with Gasteiger partial charge in [0.15, 0.2) is 0 Å². The van der Waals surface area contributed by atoms with Crippen LogP contribution in [-0.4, -0.2) is 6.71 Å². The zero-order chi connectivity index (χ0) is 56.3. The highest BCUT2D eigenvalue weighted by molar-refractivity contribution is 7.00. The summed E-state index contributed by atoms with van der Waals surface area (Å²) >= 11 is 0. The minimum atomic E-state index is -0.270. The molecule has 4 heteroatoms. The summed E-state index contributed by atoms with van der Waals surface area (Å²) in [5, 5.41) is 0. The normalized spacial score (nSPS) is 19.2. The molecular formula is C76H84BN3. The number of aryl methyl sites for hydroxylation is 1. The van der Waals surface area contributed by atoms with Crippen molar-refractivity contribution in [2.75, 3.05) is 14.7 Å². The number of nitrogens with zero attached hydrogens (tertiary/aromatic N) is 3. The summed E-state index contributed by atoms with van der Waals surface area (Å²) in [4.78, 5) is 7.98. The highest BCUT2D eigenvalue weighted by atomic mass is 15.2. The molecule has 0 fully saturated rings. The molecule has 0 atom stereocenters. The van der Waals surface area contributed by atoms with Crippen molar-refractivity contribution in [2.45, 2.75) is 180 Å². The van der Waals surface area contributed by atoms with Crippen LogP contribution in [0.15, 0.2) is 164 Å². The average Bonchev–Trinajstić information content (AvgIpc) is 3.38. The predicted molar refractivity (Wildman–Crippen MR) is 344 cm³/mol. The van der Waals surface area contributed by atoms with E-state index in [9.17, 15) is 0 Å². The van der Waals surface area contributed by atoms with E-state index >= 15 is 0 Å². The molecule has 0 aromatic heterocycles. The monoisotopic (exact) mass is 1050 g/mol. The number of benzene rings is 8. The van der Waals surface area contributed by atoms with Crippen molar-refractivity contribution >= 4 is 74.3 Å². The van der Waals surface area contributed by atoms with Gasteiger partial charge in [-0.1, -0.05) is 194 Å². The fraction of sp³-hybridized carbons (Fsp3) is 0.368. The maximum Gasteiger partial charge on any atom is 0.252 e. The van der Waals surface area contributed by atoms with E-state index in [2.05, 4.69) is 282 Å². The van der Waals surface area contributed by atoms with Gasteiger partial charge in [0.2, 0.25) is 0 Å². The predicted octanol–water partition coefficient (Wildman–Crippen LogP) is 18.9. The van der Waals surface area contributed by atoms with Crippen molar-refractivity contribution in [3.05, 3.63) is 214 Å². The van der Waals surface area contributed by atoms with Gasteiger partial charge in [-0.15, -0.1) is 0 Å². The molecule has 2 aliphatic heterocycles. The Labute approximate surface area is 480 Å². The third-order valence-corrected chi connectivity index (χ3v) is 21.0. The van der Waals surface area contributed by atoms with Crippen molar-refractivity contribution in [3.63, 3.8) is 0 Å². The summed E-state index contributed by atoms with van der Waals surface area (Å²) in [7, 11) is 0. The molecule has 0 spiro atoms. The first-order valence-corrected chi connectivity index (χ1v) is 30.2. The summed E-state index contributed by atoms with van der Waals surface area (Å²) < 4.78 is 0. The number of anilines is 9. The van der Waals surface area contributed by atoms with E-state index in [1.165, 1.54) is 113 Å². The molecule has 0 N–H and O–H groups in total. The number of fused-ring (bicyclic) bond motifs is 7. The Morgan fingerprint density at radius 1 is 0.362 bits per heavy atom. The van der Waals surface area contributed by atoms with Crippen LogP contribution in [-0.2, 0) is 37.9 Å². The number of para-hydroxylation sites is 2. The first-order chi connectivity index (χ1) is 37.8. The zero-order valence-corrected chi connectivity index (χ0v) is 50.8. The van der Waals surface area contributed by atoms with Crippen LogP contribution in [0.1, 0.15) is 186 Å². The Morgan fingerprint density at radius 2 is 0.800 bits per heavy atom. The van der Waals surface area contributed by atoms with Crippen molar-refractivity contribution < 1.29 is 0 Å². The summed E-state index contributed by atoms with van der Waals surface area (Å²) in [6.45, 7) is 37.0. The van der Waals surface area contributed by atoms with Crippen LogP contribution < -0.4 is 31.1 Å². The minimum absolute atomic E-state index is 0.00361. The van der Waals surface area contributed by atoms with Crippen LogP contribution in [0.3, 0.4) is 0 Å². The third-order valence-electron chi connectivity index (χ3n) is 21.0. The lowest BCUT2D eigenvalue weighted by atomic mass is 9.33. The SMILES string of the molecule is Cc1cc2c(cc1N1c3cc(C(C)(C)c4ccccc4)ccc3B3c4cc5c(cc4N(c4ccc6c(c4)C(C)(C)CCC6(C)C)c4cc(N(c6ccccc6)c6ccccc6)cc1c43)C(C)(C)CCC5(C)C)C(C)(C)CCC2(C)C. The fourth-order valence-corrected chi connectivity index (χ4v) is 15.4. The standard InChI is InChI=1S/C76H84BN3/c1-49-41-57-60(74(10,11)39-37-71(57,4)5)47-64(49)80-65-42-51(76(14,15)50-25-19-16-20-26-50)31-34-62(65)77-63-46-59-61(75(12,13)40-38-73(59,8)9)48-66(63)79(54-32-33-56-58(43-54)72(6,7)36-35-70(56,2)3)67-44-55(45-68(80)69(67)77)78(52-27-21-17-22-28-52)53-29-23-18-24-30-53/h16-34,41-48H,35-40H2,1-15H3. The van der Waals surface area contributed by atoms with E-state index in [-0.39, 0.29) is 44.6 Å². The van der Waals surface area contributed by atoms with Crippen LogP contribution in [0.25, 0.3) is 0 Å². The Morgan fingerprint density at radius 3 is 1.34 bits per heavy atom. The molecule has 13 rings (SSSR count). The highest BCUT2D eigenvalue weighted by Gasteiger charge is 2.49. The van der Waals surface area contributed by atoms with Crippen LogP contribution in [0.5, 0.6) is 0 Å². The lowest BCUT2D eigenvalue weighted by Crippen LogP contribution is -2.62. The van der Waals surface area contributed by atoms with Gasteiger partial charge in [-0.25, -0.2) is 0 Å². The lowest BCUT2D eigenvalue weighted by molar-refractivity contribution is 0.332. The zero-order valence-electron chi connectivity index (χ0n) is 50.8. The molecule has 0 radical (unpaired) electrons. The summed E-state index contributed by atoms with van der Waals surface area (Å²) in [6, 6.07) is 64.3. The lowest BCUT2D eigenvalue weighted by Gasteiger charge is -2.49. The van der Waals surface area contributed by atoms with Gasteiger partial charge >= 0.3 is 0 Å². The molecule has 8 aromatic rings. The molecule has 0 unspecified atom stereocenters. The minimum Gasteiger partial charge on any atom is -0.311 e. The van der Waals surface area contributed by atoms with E-state index in [1.54, 1.807) is 0 Å². The number of hydrogen-bond donors (Lipinski definition) is 0. The summed E-state index contributed by atoms with van der Waals surface area (Å²) in [6.07, 6.45) is 6.96. The summed E-state index contributed by atoms with van der Waals surface area (Å²) in [5.74, 6) is 0. The fourth-order valence-electron chi connectivity index (χ4n) is 15.4. The topological polar surface area (TPSA) is 9.72 Å². The largest absolute Gasteiger partial charge is 0.311 e. The van der Waals surface area contributed by atoms with Crippen LogP contribution in [0.4, 0.5) is 51.2 Å². The van der Waals surface area contributed by atoms with Gasteiger partial charge in [0, 0.05) is 50.9 Å². The summed E-state index contributed by atoms with van der Waals surface area (Å²) in [5.41, 5.74) is 27.9. The van der Waals surface area contributed by atoms with Gasteiger partial charge in [-0.05, 0) is 211 Å². The Hall–Kier alpha value is -6.78. The van der Waals surface area contributed by atoms with Crippen molar-refractivity contribution in [1.29, 1.82) is 0 Å². The van der Waals surface area contributed by atoms with Gasteiger partial charge in [0.05, 0.1) is 5.69 Å². The molecule has 0 saturated heterocycles. The van der Waals surface area contributed by atoms with Crippen LogP contribution >= 0.6 is 0 Å². The van der Waals surface area contributed by atoms with Gasteiger partial charge < -0.3 is 14.7 Å². The second-order valence-electron chi connectivity index (χ2n) is 29.4. The first kappa shape index (κ1) is 52.6. The smallest absolute Gasteiger partial charge is 0.252 e. The Kier molecular flexibility index (Phi) is 11.7. The van der Waals surface area contributed by atoms with E-state index in [1.807, 2.05) is 0 Å². The molecule has 8 aromatic carbocycles. The van der Waals surface area contributed by atoms with Crippen molar-refractivity contribution in [2.24, 2.45) is 0 Å². The molecule has 5 aliphatic rings. The number of rotatable bonds is 7. The molecule has 406 valence electrons. The highest BCUT2D eigenvalue weighted by Crippen LogP contribution is 2.56. The molecule has 80 heavy (non-hydrogen) atoms. The molecule has 3 aliphatic carbocycles. The van der Waals surface area contributed by atoms with Crippen molar-refractivity contribution in [1.82, 2.24) is 0 Å². The van der Waals surface area contributed by atoms with E-state index in [0.717, 1.165) is 42.7 Å². The van der Waals surface area contributed by atoms with Gasteiger partial charge in [-0.2, -0.15) is 0 Å². The average molecular weight is 1050 g/mol. The van der Waals surface area contributed by atoms with E-state index in [4.69, 9.17) is 0 Å². The molecule has 0 saturated carbocycles. The van der Waals surface area contributed by atoms with E-state index < -0.39 is 0 Å². The second-order valence-corrected chi connectivity index (χ2v) is 29.4. The molecule has 3 nitrogen and oxygen atoms in total. The maximum atomic E-state index is 2.74. The van der Waals surface area contributed by atoms with E-state index in [0.29, 0.717) is 0 Å². The molecule has 2 heterocycles.